The molecule has 0 aromatic carbocycles. The van der Waals surface area contributed by atoms with Crippen molar-refractivity contribution in [3.05, 3.63) is 43.8 Å². The number of rotatable bonds is 3. The van der Waals surface area contributed by atoms with Gasteiger partial charge in [0.05, 0.1) is 16.4 Å². The van der Waals surface area contributed by atoms with Gasteiger partial charge in [-0.1, -0.05) is 0 Å². The fourth-order valence-corrected chi connectivity index (χ4v) is 3.14. The summed E-state index contributed by atoms with van der Waals surface area (Å²) in [4.78, 5) is 14.3. The highest BCUT2D eigenvalue weighted by atomic mass is 79.9. The molecule has 3 nitrogen and oxygen atoms in total. The quantitative estimate of drug-likeness (QED) is 0.636. The third-order valence-corrected chi connectivity index (χ3v) is 4.21. The predicted octanol–water partition coefficient (Wildman–Crippen LogP) is 3.76. The Balaban J connectivity index is 2.25. The third-order valence-electron chi connectivity index (χ3n) is 2.64. The van der Waals surface area contributed by atoms with E-state index in [0.29, 0.717) is 0 Å². The Labute approximate surface area is 118 Å². The number of hydrogen-bond acceptors (Lipinski definition) is 3. The van der Waals surface area contributed by atoms with E-state index >= 15 is 0 Å². The normalized spacial score (nSPS) is 11.3. The minimum Gasteiger partial charge on any atom is -0.289 e. The number of carbonyl (C=O) groups excluding carboxylic acids is 1. The number of carbonyl (C=O) groups is 1. The van der Waals surface area contributed by atoms with Crippen LogP contribution >= 0.6 is 27.3 Å². The largest absolute Gasteiger partial charge is 0.289 e. The molecular formula is C13H13BrN2OS. The smallest absolute Gasteiger partial charge is 0.187 e. The number of halogens is 1. The van der Waals surface area contributed by atoms with E-state index in [0.717, 1.165) is 25.5 Å². The van der Waals surface area contributed by atoms with Crippen LogP contribution in [-0.4, -0.2) is 15.6 Å². The van der Waals surface area contributed by atoms with Crippen molar-refractivity contribution in [1.29, 1.82) is 0 Å². The minimum atomic E-state index is 0.0324. The van der Waals surface area contributed by atoms with Crippen molar-refractivity contribution in [2.45, 2.75) is 13.8 Å². The van der Waals surface area contributed by atoms with Crippen LogP contribution < -0.4 is 0 Å². The molecule has 0 atom stereocenters. The highest BCUT2D eigenvalue weighted by Gasteiger charge is 2.09. The molecule has 18 heavy (non-hydrogen) atoms. The van der Waals surface area contributed by atoms with Crippen molar-refractivity contribution in [2.75, 3.05) is 0 Å². The van der Waals surface area contributed by atoms with Crippen molar-refractivity contribution in [1.82, 2.24) is 9.78 Å². The van der Waals surface area contributed by atoms with E-state index in [4.69, 9.17) is 0 Å². The van der Waals surface area contributed by atoms with Gasteiger partial charge >= 0.3 is 0 Å². The number of aryl methyl sites for hydroxylation is 3. The Kier molecular flexibility index (Phi) is 3.82. The molecule has 0 aliphatic rings. The predicted molar refractivity (Wildman–Crippen MR) is 78.1 cm³/mol. The van der Waals surface area contributed by atoms with Gasteiger partial charge in [0, 0.05) is 22.4 Å². The molecule has 2 rings (SSSR count). The number of aromatic nitrogens is 2. The molecule has 0 radical (unpaired) electrons. The molecule has 0 spiro atoms. The van der Waals surface area contributed by atoms with E-state index in [1.807, 2.05) is 27.0 Å². The van der Waals surface area contributed by atoms with Crippen molar-refractivity contribution in [3.63, 3.8) is 0 Å². The number of nitrogens with zero attached hydrogens (tertiary/aromatic N) is 2. The third kappa shape index (κ3) is 2.62. The Bertz CT molecular complexity index is 605. The molecule has 0 N–H and O–H groups in total. The lowest BCUT2D eigenvalue weighted by Gasteiger charge is -1.96. The molecule has 0 fully saturated rings. The monoisotopic (exact) mass is 324 g/mol. The van der Waals surface area contributed by atoms with E-state index in [2.05, 4.69) is 21.0 Å². The maximum absolute atomic E-state index is 12.1. The first-order valence-electron chi connectivity index (χ1n) is 5.46. The molecule has 0 amide bonds. The molecule has 0 aliphatic heterocycles. The summed E-state index contributed by atoms with van der Waals surface area (Å²) in [5, 5.41) is 4.10. The van der Waals surface area contributed by atoms with Crippen LogP contribution in [0.1, 0.15) is 25.8 Å². The van der Waals surface area contributed by atoms with Gasteiger partial charge in [-0.2, -0.15) is 5.10 Å². The molecule has 2 aromatic heterocycles. The minimum absolute atomic E-state index is 0.0324. The van der Waals surface area contributed by atoms with Gasteiger partial charge < -0.3 is 0 Å². The Morgan fingerprint density at radius 2 is 2.22 bits per heavy atom. The fraction of sp³-hybridized carbons (Fsp3) is 0.231. The SMILES string of the molecule is Cc1cc(C(=O)/C=C/c2c(Br)cnn2C)c(C)s1. The van der Waals surface area contributed by atoms with Crippen molar-refractivity contribution in [3.8, 4) is 0 Å². The van der Waals surface area contributed by atoms with Gasteiger partial charge in [-0.3, -0.25) is 9.48 Å². The number of allylic oxidation sites excluding steroid dienone is 1. The maximum atomic E-state index is 12.1. The summed E-state index contributed by atoms with van der Waals surface area (Å²) in [6.07, 6.45) is 5.09. The molecule has 5 heteroatoms. The molecule has 0 saturated carbocycles. The highest BCUT2D eigenvalue weighted by Crippen LogP contribution is 2.22. The summed E-state index contributed by atoms with van der Waals surface area (Å²) >= 11 is 5.04. The van der Waals surface area contributed by atoms with Crippen molar-refractivity contribution in [2.24, 2.45) is 7.05 Å². The first kappa shape index (κ1) is 13.2. The van der Waals surface area contributed by atoms with Crippen LogP contribution in [0.3, 0.4) is 0 Å². The first-order chi connectivity index (χ1) is 8.49. The van der Waals surface area contributed by atoms with Gasteiger partial charge in [-0.25, -0.2) is 0 Å². The van der Waals surface area contributed by atoms with Gasteiger partial charge in [0.2, 0.25) is 0 Å². The van der Waals surface area contributed by atoms with Crippen LogP contribution in [0.5, 0.6) is 0 Å². The lowest BCUT2D eigenvalue weighted by Crippen LogP contribution is -1.96. The zero-order chi connectivity index (χ0) is 13.3. The second-order valence-corrected chi connectivity index (χ2v) is 6.34. The van der Waals surface area contributed by atoms with Crippen LogP contribution in [0.4, 0.5) is 0 Å². The summed E-state index contributed by atoms with van der Waals surface area (Å²) < 4.78 is 2.60. The van der Waals surface area contributed by atoms with Gasteiger partial charge in [0.25, 0.3) is 0 Å². The van der Waals surface area contributed by atoms with Crippen molar-refractivity contribution >= 4 is 39.1 Å². The average molecular weight is 325 g/mol. The molecule has 0 bridgehead atoms. The second kappa shape index (κ2) is 5.20. The molecular weight excluding hydrogens is 312 g/mol. The summed E-state index contributed by atoms with van der Waals surface area (Å²) in [5.41, 5.74) is 1.67. The standard InChI is InChI=1S/C13H13BrN2OS/c1-8-6-10(9(2)18-8)13(17)5-4-12-11(14)7-15-16(12)3/h4-7H,1-3H3/b5-4+. The van der Waals surface area contributed by atoms with E-state index in [-0.39, 0.29) is 5.78 Å². The van der Waals surface area contributed by atoms with Gasteiger partial charge in [-0.05, 0) is 48.0 Å². The van der Waals surface area contributed by atoms with Crippen LogP contribution in [0.25, 0.3) is 6.08 Å². The molecule has 0 saturated heterocycles. The number of hydrogen-bond donors (Lipinski definition) is 0. The topological polar surface area (TPSA) is 34.9 Å². The lowest BCUT2D eigenvalue weighted by molar-refractivity contribution is 0.104. The fourth-order valence-electron chi connectivity index (χ4n) is 1.73. The van der Waals surface area contributed by atoms with Crippen LogP contribution in [0.15, 0.2) is 22.8 Å². The molecule has 2 aromatic rings. The van der Waals surface area contributed by atoms with Gasteiger partial charge in [-0.15, -0.1) is 11.3 Å². The summed E-state index contributed by atoms with van der Waals surface area (Å²) in [7, 11) is 1.84. The average Bonchev–Trinajstić information content (AvgIpc) is 2.80. The molecule has 0 aliphatic carbocycles. The van der Waals surface area contributed by atoms with Gasteiger partial charge in [0.1, 0.15) is 0 Å². The van der Waals surface area contributed by atoms with Crippen LogP contribution in [-0.2, 0) is 7.05 Å². The number of ketones is 1. The zero-order valence-electron chi connectivity index (χ0n) is 10.4. The van der Waals surface area contributed by atoms with Crippen molar-refractivity contribution < 1.29 is 4.79 Å². The Hall–Kier alpha value is -1.20. The summed E-state index contributed by atoms with van der Waals surface area (Å²) in [5.74, 6) is 0.0324. The molecule has 0 unspecified atom stereocenters. The number of thiophene rings is 1. The maximum Gasteiger partial charge on any atom is 0.187 e. The summed E-state index contributed by atoms with van der Waals surface area (Å²) in [6.45, 7) is 3.98. The summed E-state index contributed by atoms with van der Waals surface area (Å²) in [6, 6.07) is 1.94. The van der Waals surface area contributed by atoms with E-state index in [9.17, 15) is 4.79 Å². The van der Waals surface area contributed by atoms with Crippen LogP contribution in [0, 0.1) is 13.8 Å². The lowest BCUT2D eigenvalue weighted by atomic mass is 10.1. The highest BCUT2D eigenvalue weighted by molar-refractivity contribution is 9.10. The zero-order valence-corrected chi connectivity index (χ0v) is 12.8. The Morgan fingerprint density at radius 1 is 1.50 bits per heavy atom. The molecule has 2 heterocycles. The van der Waals surface area contributed by atoms with E-state index in [1.165, 1.54) is 0 Å². The van der Waals surface area contributed by atoms with E-state index in [1.54, 1.807) is 34.4 Å². The van der Waals surface area contributed by atoms with Gasteiger partial charge in [0.15, 0.2) is 5.78 Å². The second-order valence-electron chi connectivity index (χ2n) is 4.03. The van der Waals surface area contributed by atoms with E-state index < -0.39 is 0 Å². The molecule has 94 valence electrons. The van der Waals surface area contributed by atoms with Crippen LogP contribution in [0.2, 0.25) is 0 Å². The first-order valence-corrected chi connectivity index (χ1v) is 7.07. The Morgan fingerprint density at radius 3 is 2.72 bits per heavy atom.